The summed E-state index contributed by atoms with van der Waals surface area (Å²) in [6.45, 7) is 5.04. The van der Waals surface area contributed by atoms with Crippen molar-refractivity contribution in [1.82, 2.24) is 4.90 Å². The number of carbonyl (C=O) groups excluding carboxylic acids is 2. The Morgan fingerprint density at radius 2 is 1.81 bits per heavy atom. The Morgan fingerprint density at radius 1 is 1.06 bits per heavy atom. The fraction of sp³-hybridized carbons (Fsp3) is 0.160. The summed E-state index contributed by atoms with van der Waals surface area (Å²) in [4.78, 5) is 36.9. The molecule has 0 saturated heterocycles. The van der Waals surface area contributed by atoms with Gasteiger partial charge in [0.15, 0.2) is 5.78 Å². The van der Waals surface area contributed by atoms with E-state index in [1.54, 1.807) is 25.3 Å². The van der Waals surface area contributed by atoms with Crippen molar-refractivity contribution in [3.8, 4) is 5.75 Å². The van der Waals surface area contributed by atoms with Crippen LogP contribution >= 0.6 is 0 Å². The molecular weight excluding hydrogens is 394 g/mol. The number of nitrogens with zero attached hydrogens (tertiary/aromatic N) is 1. The van der Waals surface area contributed by atoms with Crippen LogP contribution in [0.2, 0.25) is 0 Å². The number of hydrogen-bond acceptors (Lipinski definition) is 6. The molecule has 0 amide bonds. The highest BCUT2D eigenvalue weighted by atomic mass is 16.5. The fourth-order valence-corrected chi connectivity index (χ4v) is 3.06. The molecule has 0 aliphatic heterocycles. The monoisotopic (exact) mass is 417 g/mol. The van der Waals surface area contributed by atoms with E-state index in [0.717, 1.165) is 5.56 Å². The number of carbonyl (C=O) groups is 2. The minimum Gasteiger partial charge on any atom is -0.427 e. The van der Waals surface area contributed by atoms with Crippen LogP contribution in [0.25, 0.3) is 17.0 Å². The average Bonchev–Trinajstić information content (AvgIpc) is 2.72. The molecule has 0 N–H and O–H groups in total. The zero-order valence-corrected chi connectivity index (χ0v) is 17.6. The number of benzene rings is 2. The summed E-state index contributed by atoms with van der Waals surface area (Å²) < 4.78 is 10.5. The van der Waals surface area contributed by atoms with Gasteiger partial charge >= 0.3 is 11.6 Å². The summed E-state index contributed by atoms with van der Waals surface area (Å²) in [5.74, 6) is -0.216. The van der Waals surface area contributed by atoms with Crippen molar-refractivity contribution in [1.29, 1.82) is 0 Å². The maximum absolute atomic E-state index is 12.4. The third-order valence-corrected chi connectivity index (χ3v) is 4.56. The first-order valence-corrected chi connectivity index (χ1v) is 9.76. The van der Waals surface area contributed by atoms with Crippen LogP contribution in [0.3, 0.4) is 0 Å². The zero-order chi connectivity index (χ0) is 22.4. The lowest BCUT2D eigenvalue weighted by Gasteiger charge is -2.16. The van der Waals surface area contributed by atoms with Crippen molar-refractivity contribution in [2.24, 2.45) is 0 Å². The highest BCUT2D eigenvalue weighted by molar-refractivity contribution is 5.89. The van der Waals surface area contributed by atoms with E-state index >= 15 is 0 Å². The van der Waals surface area contributed by atoms with E-state index in [-0.39, 0.29) is 5.78 Å². The van der Waals surface area contributed by atoms with E-state index in [4.69, 9.17) is 9.15 Å². The zero-order valence-electron chi connectivity index (χ0n) is 17.6. The van der Waals surface area contributed by atoms with Gasteiger partial charge in [-0.1, -0.05) is 30.3 Å². The van der Waals surface area contributed by atoms with Crippen molar-refractivity contribution in [2.75, 3.05) is 0 Å². The minimum absolute atomic E-state index is 0.0635. The van der Waals surface area contributed by atoms with E-state index in [2.05, 4.69) is 0 Å². The molecule has 0 fully saturated rings. The highest BCUT2D eigenvalue weighted by Gasteiger charge is 2.11. The Kier molecular flexibility index (Phi) is 6.82. The van der Waals surface area contributed by atoms with E-state index in [0.29, 0.717) is 34.4 Å². The van der Waals surface area contributed by atoms with Gasteiger partial charge in [0.1, 0.15) is 11.3 Å². The van der Waals surface area contributed by atoms with E-state index < -0.39 is 11.6 Å². The largest absolute Gasteiger partial charge is 0.427 e. The molecule has 0 unspecified atom stereocenters. The lowest BCUT2D eigenvalue weighted by molar-refractivity contribution is -0.131. The van der Waals surface area contributed by atoms with Crippen molar-refractivity contribution in [2.45, 2.75) is 27.3 Å². The van der Waals surface area contributed by atoms with Gasteiger partial charge in [-0.05, 0) is 49.3 Å². The molecule has 0 spiro atoms. The van der Waals surface area contributed by atoms with E-state index in [9.17, 15) is 14.4 Å². The van der Waals surface area contributed by atoms with Crippen LogP contribution in [0.15, 0.2) is 76.2 Å². The summed E-state index contributed by atoms with van der Waals surface area (Å²) in [5, 5.41) is 0.708. The Morgan fingerprint density at radius 3 is 2.48 bits per heavy atom. The number of ketones is 1. The molecular formula is C25H23NO5. The fourth-order valence-electron chi connectivity index (χ4n) is 3.06. The van der Waals surface area contributed by atoms with Crippen LogP contribution in [-0.4, -0.2) is 16.7 Å². The molecule has 6 nitrogen and oxygen atoms in total. The second kappa shape index (κ2) is 9.71. The number of hydrogen-bond donors (Lipinski definition) is 0. The Hall–Kier alpha value is -3.93. The van der Waals surface area contributed by atoms with Gasteiger partial charge in [-0.15, -0.1) is 0 Å². The Bertz CT molecular complexity index is 1220. The minimum atomic E-state index is -0.471. The topological polar surface area (TPSA) is 76.8 Å². The third-order valence-electron chi connectivity index (χ3n) is 4.56. The SMILES string of the molecule is CC(=O)/C=C/N(/C=C/c1c(C)c(=O)oc2cc(OC(C)=O)ccc12)Cc1ccccc1. The van der Waals surface area contributed by atoms with E-state index in [1.165, 1.54) is 26.0 Å². The van der Waals surface area contributed by atoms with Gasteiger partial charge in [-0.2, -0.15) is 0 Å². The van der Waals surface area contributed by atoms with Gasteiger partial charge in [-0.25, -0.2) is 4.79 Å². The van der Waals surface area contributed by atoms with Crippen LogP contribution in [-0.2, 0) is 16.1 Å². The molecule has 0 aliphatic rings. The quantitative estimate of drug-likeness (QED) is 0.242. The highest BCUT2D eigenvalue weighted by Crippen LogP contribution is 2.26. The molecule has 0 bridgehead atoms. The predicted molar refractivity (Wildman–Crippen MR) is 119 cm³/mol. The normalized spacial score (nSPS) is 11.3. The van der Waals surface area contributed by atoms with Crippen molar-refractivity contribution in [3.05, 3.63) is 94.1 Å². The van der Waals surface area contributed by atoms with Gasteiger partial charge in [0.05, 0.1) is 0 Å². The summed E-state index contributed by atoms with van der Waals surface area (Å²) in [5.41, 5.74) is 2.07. The summed E-state index contributed by atoms with van der Waals surface area (Å²) >= 11 is 0. The number of allylic oxidation sites excluding steroid dienone is 1. The molecule has 0 saturated carbocycles. The first kappa shape index (κ1) is 21.8. The van der Waals surface area contributed by atoms with Gasteiger partial charge in [-0.3, -0.25) is 9.59 Å². The van der Waals surface area contributed by atoms with Gasteiger partial charge in [0.25, 0.3) is 0 Å². The smallest absolute Gasteiger partial charge is 0.339 e. The molecule has 1 heterocycles. The molecule has 0 atom stereocenters. The van der Waals surface area contributed by atoms with Crippen LogP contribution in [0, 0.1) is 6.92 Å². The Balaban J connectivity index is 2.01. The lowest BCUT2D eigenvalue weighted by Crippen LogP contribution is -2.10. The molecule has 0 radical (unpaired) electrons. The van der Waals surface area contributed by atoms with Crippen LogP contribution in [0.4, 0.5) is 0 Å². The maximum Gasteiger partial charge on any atom is 0.339 e. The molecule has 6 heteroatoms. The summed E-state index contributed by atoms with van der Waals surface area (Å²) in [7, 11) is 0. The molecule has 31 heavy (non-hydrogen) atoms. The first-order valence-electron chi connectivity index (χ1n) is 9.76. The standard InChI is InChI=1S/C25H23NO5/c1-17(27)11-13-26(16-20-7-5-4-6-8-20)14-12-22-18(2)25(29)31-24-15-21(30-19(3)28)9-10-23(22)24/h4-15H,16H2,1-3H3/b13-11+,14-12+. The van der Waals surface area contributed by atoms with Crippen LogP contribution in [0.5, 0.6) is 5.75 Å². The first-order chi connectivity index (χ1) is 14.8. The maximum atomic E-state index is 12.4. The summed E-state index contributed by atoms with van der Waals surface area (Å²) in [6, 6.07) is 14.8. The Labute approximate surface area is 180 Å². The van der Waals surface area contributed by atoms with Gasteiger partial charge < -0.3 is 14.1 Å². The molecule has 2 aromatic carbocycles. The van der Waals surface area contributed by atoms with Gasteiger partial charge in [0.2, 0.25) is 0 Å². The molecule has 1 aromatic heterocycles. The third kappa shape index (κ3) is 5.79. The second-order valence-electron chi connectivity index (χ2n) is 7.08. The molecule has 3 rings (SSSR count). The number of esters is 1. The second-order valence-corrected chi connectivity index (χ2v) is 7.08. The lowest BCUT2D eigenvalue weighted by atomic mass is 10.1. The summed E-state index contributed by atoms with van der Waals surface area (Å²) in [6.07, 6.45) is 6.82. The number of ether oxygens (including phenoxy) is 1. The van der Waals surface area contributed by atoms with Crippen LogP contribution < -0.4 is 10.4 Å². The predicted octanol–water partition coefficient (Wildman–Crippen LogP) is 4.60. The van der Waals surface area contributed by atoms with Crippen molar-refractivity contribution in [3.63, 3.8) is 0 Å². The molecule has 158 valence electrons. The van der Waals surface area contributed by atoms with Crippen molar-refractivity contribution < 1.29 is 18.7 Å². The average molecular weight is 417 g/mol. The molecule has 0 aliphatic carbocycles. The van der Waals surface area contributed by atoms with Crippen molar-refractivity contribution >= 4 is 28.8 Å². The number of rotatable bonds is 7. The number of fused-ring (bicyclic) bond motifs is 1. The van der Waals surface area contributed by atoms with Gasteiger partial charge in [0, 0.05) is 42.9 Å². The molecule has 3 aromatic rings. The van der Waals surface area contributed by atoms with Crippen LogP contribution in [0.1, 0.15) is 30.5 Å². The van der Waals surface area contributed by atoms with E-state index in [1.807, 2.05) is 47.5 Å².